The highest BCUT2D eigenvalue weighted by Gasteiger charge is 2.11. The molecule has 0 aliphatic heterocycles. The second-order valence-corrected chi connectivity index (χ2v) is 4.53. The number of nitrogens with zero attached hydrogens (tertiary/aromatic N) is 1. The first-order chi connectivity index (χ1) is 7.66. The average Bonchev–Trinajstić information content (AvgIpc) is 2.83. The summed E-state index contributed by atoms with van der Waals surface area (Å²) in [6, 6.07) is 3.86. The van der Waals surface area contributed by atoms with Crippen LogP contribution < -0.4 is 0 Å². The van der Waals surface area contributed by atoms with Gasteiger partial charge in [0.1, 0.15) is 5.82 Å². The predicted molar refractivity (Wildman–Crippen MR) is 62.9 cm³/mol. The van der Waals surface area contributed by atoms with Gasteiger partial charge in [-0.15, -0.1) is 11.3 Å². The molecule has 0 unspecified atom stereocenters. The van der Waals surface area contributed by atoms with Crippen LogP contribution in [-0.2, 0) is 11.2 Å². The van der Waals surface area contributed by atoms with Crippen LogP contribution in [0.15, 0.2) is 17.5 Å². The smallest absolute Gasteiger partial charge is 0.303 e. The van der Waals surface area contributed by atoms with E-state index in [1.807, 2.05) is 17.5 Å². The van der Waals surface area contributed by atoms with Crippen molar-refractivity contribution in [3.05, 3.63) is 28.4 Å². The van der Waals surface area contributed by atoms with Gasteiger partial charge in [-0.2, -0.15) is 0 Å². The number of aromatic amines is 1. The number of halogens is 1. The summed E-state index contributed by atoms with van der Waals surface area (Å²) in [7, 11) is 0. The van der Waals surface area contributed by atoms with Crippen molar-refractivity contribution in [1.82, 2.24) is 9.97 Å². The van der Waals surface area contributed by atoms with Crippen LogP contribution in [0.5, 0.6) is 0 Å². The Kier molecular flexibility index (Phi) is 3.26. The summed E-state index contributed by atoms with van der Waals surface area (Å²) in [6.07, 6.45) is 0.415. The first-order valence-corrected chi connectivity index (χ1v) is 5.92. The molecular formula is C10H9ClN2O2S. The largest absolute Gasteiger partial charge is 0.481 e. The van der Waals surface area contributed by atoms with Gasteiger partial charge in [0.2, 0.25) is 0 Å². The summed E-state index contributed by atoms with van der Waals surface area (Å²) in [5, 5.41) is 10.9. The number of hydrogen-bond donors (Lipinski definition) is 2. The number of aryl methyl sites for hydroxylation is 1. The third-order valence-electron chi connectivity index (χ3n) is 2.07. The van der Waals surface area contributed by atoms with Gasteiger partial charge in [-0.1, -0.05) is 17.7 Å². The molecule has 6 heteroatoms. The number of aromatic nitrogens is 2. The standard InChI is InChI=1S/C10H9ClN2O2S/c11-9-6(3-4-8(14)15)12-10(13-9)7-2-1-5-16-7/h1-2,5H,3-4H2,(H,12,13)(H,14,15). The molecule has 16 heavy (non-hydrogen) atoms. The number of carboxylic acid groups (broad SMARTS) is 1. The molecule has 0 spiro atoms. The van der Waals surface area contributed by atoms with Gasteiger partial charge in [-0.3, -0.25) is 4.79 Å². The summed E-state index contributed by atoms with van der Waals surface area (Å²) >= 11 is 7.47. The van der Waals surface area contributed by atoms with Crippen molar-refractivity contribution in [3.63, 3.8) is 0 Å². The lowest BCUT2D eigenvalue weighted by atomic mass is 10.2. The molecule has 0 amide bonds. The highest BCUT2D eigenvalue weighted by Crippen LogP contribution is 2.25. The van der Waals surface area contributed by atoms with Crippen LogP contribution in [0.25, 0.3) is 10.7 Å². The number of thiophene rings is 1. The number of aliphatic carboxylic acids is 1. The first-order valence-electron chi connectivity index (χ1n) is 4.67. The average molecular weight is 257 g/mol. The molecule has 0 saturated carbocycles. The molecule has 0 radical (unpaired) electrons. The Balaban J connectivity index is 2.19. The van der Waals surface area contributed by atoms with Crippen LogP contribution in [0, 0.1) is 0 Å². The third-order valence-corrected chi connectivity index (χ3v) is 3.26. The lowest BCUT2D eigenvalue weighted by Gasteiger charge is -1.93. The van der Waals surface area contributed by atoms with Crippen molar-refractivity contribution in [3.8, 4) is 10.7 Å². The van der Waals surface area contributed by atoms with Crippen molar-refractivity contribution in [2.45, 2.75) is 12.8 Å². The molecular weight excluding hydrogens is 248 g/mol. The summed E-state index contributed by atoms with van der Waals surface area (Å²) in [5.74, 6) is -0.149. The van der Waals surface area contributed by atoms with Crippen molar-refractivity contribution >= 4 is 28.9 Å². The molecule has 0 atom stereocenters. The quantitative estimate of drug-likeness (QED) is 0.884. The molecule has 0 bridgehead atoms. The van der Waals surface area contributed by atoms with Crippen LogP contribution in [-0.4, -0.2) is 21.0 Å². The number of nitrogens with one attached hydrogen (secondary N) is 1. The Bertz CT molecular complexity index is 493. The molecule has 2 aromatic rings. The number of carboxylic acids is 1. The Morgan fingerprint density at radius 1 is 1.62 bits per heavy atom. The van der Waals surface area contributed by atoms with Crippen molar-refractivity contribution in [2.75, 3.05) is 0 Å². The van der Waals surface area contributed by atoms with E-state index >= 15 is 0 Å². The van der Waals surface area contributed by atoms with Crippen LogP contribution in [0.4, 0.5) is 0 Å². The Hall–Kier alpha value is -1.33. The lowest BCUT2D eigenvalue weighted by Crippen LogP contribution is -1.97. The maximum atomic E-state index is 10.4. The summed E-state index contributed by atoms with van der Waals surface area (Å²) in [6.45, 7) is 0. The van der Waals surface area contributed by atoms with E-state index in [0.717, 1.165) is 4.88 Å². The van der Waals surface area contributed by atoms with Gasteiger partial charge in [-0.05, 0) is 11.4 Å². The second-order valence-electron chi connectivity index (χ2n) is 3.23. The number of imidazole rings is 1. The van der Waals surface area contributed by atoms with Crippen molar-refractivity contribution in [1.29, 1.82) is 0 Å². The molecule has 2 heterocycles. The molecule has 0 aromatic carbocycles. The Morgan fingerprint density at radius 2 is 2.44 bits per heavy atom. The molecule has 2 rings (SSSR count). The zero-order valence-corrected chi connectivity index (χ0v) is 9.81. The predicted octanol–water partition coefficient (Wildman–Crippen LogP) is 2.81. The van der Waals surface area contributed by atoms with Gasteiger partial charge in [0, 0.05) is 6.42 Å². The number of H-pyrrole nitrogens is 1. The second kappa shape index (κ2) is 4.67. The zero-order valence-electron chi connectivity index (χ0n) is 8.24. The van der Waals surface area contributed by atoms with E-state index in [0.29, 0.717) is 23.1 Å². The normalized spacial score (nSPS) is 10.6. The molecule has 0 saturated heterocycles. The van der Waals surface area contributed by atoms with Gasteiger partial charge in [-0.25, -0.2) is 4.98 Å². The summed E-state index contributed by atoms with van der Waals surface area (Å²) in [4.78, 5) is 18.6. The maximum absolute atomic E-state index is 10.4. The van der Waals surface area contributed by atoms with E-state index in [1.165, 1.54) is 0 Å². The minimum Gasteiger partial charge on any atom is -0.481 e. The fourth-order valence-electron chi connectivity index (χ4n) is 1.32. The molecule has 84 valence electrons. The molecule has 2 aromatic heterocycles. The van der Waals surface area contributed by atoms with E-state index < -0.39 is 5.97 Å². The fraction of sp³-hybridized carbons (Fsp3) is 0.200. The van der Waals surface area contributed by atoms with E-state index in [1.54, 1.807) is 11.3 Å². The van der Waals surface area contributed by atoms with Crippen molar-refractivity contribution < 1.29 is 9.90 Å². The zero-order chi connectivity index (χ0) is 11.5. The lowest BCUT2D eigenvalue weighted by molar-refractivity contribution is -0.136. The summed E-state index contributed by atoms with van der Waals surface area (Å²) < 4.78 is 0. The number of rotatable bonds is 4. The molecule has 0 aliphatic rings. The SMILES string of the molecule is O=C(O)CCc1[nH]c(-c2cccs2)nc1Cl. The highest BCUT2D eigenvalue weighted by atomic mass is 35.5. The van der Waals surface area contributed by atoms with Crippen LogP contribution >= 0.6 is 22.9 Å². The number of carbonyl (C=O) groups is 1. The van der Waals surface area contributed by atoms with E-state index in [-0.39, 0.29) is 6.42 Å². The van der Waals surface area contributed by atoms with E-state index in [2.05, 4.69) is 9.97 Å². The van der Waals surface area contributed by atoms with Gasteiger partial charge >= 0.3 is 5.97 Å². The molecule has 0 fully saturated rings. The maximum Gasteiger partial charge on any atom is 0.303 e. The molecule has 0 aliphatic carbocycles. The third kappa shape index (κ3) is 2.43. The topological polar surface area (TPSA) is 66.0 Å². The summed E-state index contributed by atoms with van der Waals surface area (Å²) in [5.41, 5.74) is 0.674. The van der Waals surface area contributed by atoms with E-state index in [9.17, 15) is 4.79 Å². The number of hydrogen-bond acceptors (Lipinski definition) is 3. The van der Waals surface area contributed by atoms with Gasteiger partial charge < -0.3 is 10.1 Å². The Morgan fingerprint density at radius 3 is 3.06 bits per heavy atom. The van der Waals surface area contributed by atoms with E-state index in [4.69, 9.17) is 16.7 Å². The van der Waals surface area contributed by atoms with Crippen LogP contribution in [0.3, 0.4) is 0 Å². The van der Waals surface area contributed by atoms with Crippen molar-refractivity contribution in [2.24, 2.45) is 0 Å². The monoisotopic (exact) mass is 256 g/mol. The van der Waals surface area contributed by atoms with Gasteiger partial charge in [0.05, 0.1) is 17.0 Å². The van der Waals surface area contributed by atoms with Gasteiger partial charge in [0.25, 0.3) is 0 Å². The first kappa shape index (κ1) is 11.2. The minimum atomic E-state index is -0.844. The molecule has 2 N–H and O–H groups in total. The van der Waals surface area contributed by atoms with Crippen LogP contribution in [0.1, 0.15) is 12.1 Å². The molecule has 4 nitrogen and oxygen atoms in total. The minimum absolute atomic E-state index is 0.0474. The van der Waals surface area contributed by atoms with Crippen LogP contribution in [0.2, 0.25) is 5.15 Å². The fourth-order valence-corrected chi connectivity index (χ4v) is 2.21. The Labute approximate surface area is 101 Å². The highest BCUT2D eigenvalue weighted by molar-refractivity contribution is 7.13. The van der Waals surface area contributed by atoms with Gasteiger partial charge in [0.15, 0.2) is 5.15 Å².